The molecule has 2 aromatic rings. The summed E-state index contributed by atoms with van der Waals surface area (Å²) in [4.78, 5) is 15.9. The smallest absolute Gasteiger partial charge is 0.272 e. The summed E-state index contributed by atoms with van der Waals surface area (Å²) >= 11 is 11.6. The highest BCUT2D eigenvalue weighted by Crippen LogP contribution is 2.16. The average Bonchev–Trinajstić information content (AvgIpc) is 2.73. The van der Waals surface area contributed by atoms with Crippen LogP contribution in [-0.2, 0) is 6.54 Å². The van der Waals surface area contributed by atoms with E-state index >= 15 is 0 Å². The van der Waals surface area contributed by atoms with Gasteiger partial charge in [0.15, 0.2) is 0 Å². The first kappa shape index (κ1) is 12.9. The zero-order chi connectivity index (χ0) is 13.1. The highest BCUT2D eigenvalue weighted by Gasteiger charge is 2.12. The van der Waals surface area contributed by atoms with E-state index in [1.165, 1.54) is 6.20 Å². The molecule has 0 spiro atoms. The molecule has 0 fully saturated rings. The Hall–Kier alpha value is -1.52. The normalized spacial score (nSPS) is 10.4. The number of rotatable bonds is 3. The van der Waals surface area contributed by atoms with Crippen LogP contribution in [0.3, 0.4) is 0 Å². The number of anilines is 1. The number of nitrogens with zero attached hydrogens (tertiary/aromatic N) is 2. The van der Waals surface area contributed by atoms with Crippen LogP contribution in [0.5, 0.6) is 0 Å². The van der Waals surface area contributed by atoms with Crippen molar-refractivity contribution in [2.75, 3.05) is 5.32 Å². The third-order valence-corrected chi connectivity index (χ3v) is 2.85. The monoisotopic (exact) mass is 283 g/mol. The molecule has 0 bridgehead atoms. The number of aryl methyl sites for hydroxylation is 1. The molecule has 0 radical (unpaired) electrons. The number of pyridine rings is 1. The van der Waals surface area contributed by atoms with Crippen LogP contribution >= 0.6 is 23.2 Å². The van der Waals surface area contributed by atoms with Gasteiger partial charge in [-0.25, -0.2) is 4.98 Å². The van der Waals surface area contributed by atoms with Crippen molar-refractivity contribution in [2.45, 2.75) is 13.5 Å². The molecule has 2 heterocycles. The fourth-order valence-corrected chi connectivity index (χ4v) is 1.90. The lowest BCUT2D eigenvalue weighted by molar-refractivity contribution is 0.101. The molecular weight excluding hydrogens is 273 g/mol. The molecule has 1 amide bonds. The van der Waals surface area contributed by atoms with Gasteiger partial charge in [-0.1, -0.05) is 23.2 Å². The first-order chi connectivity index (χ1) is 8.60. The Morgan fingerprint density at radius 2 is 2.22 bits per heavy atom. The summed E-state index contributed by atoms with van der Waals surface area (Å²) in [6.45, 7) is 2.62. The standard InChI is InChI=1S/C12H11Cl2N3O/c1-2-17-7-8(13)5-10(17)12(18)16-9-3-4-11(14)15-6-9/h3-7H,2H2,1H3,(H,16,18). The molecule has 0 atom stereocenters. The largest absolute Gasteiger partial charge is 0.342 e. The Bertz CT molecular complexity index is 563. The molecule has 6 heteroatoms. The van der Waals surface area contributed by atoms with Gasteiger partial charge in [0.05, 0.1) is 16.9 Å². The molecule has 0 aromatic carbocycles. The topological polar surface area (TPSA) is 46.9 Å². The molecule has 0 aliphatic carbocycles. The van der Waals surface area contributed by atoms with Gasteiger partial charge in [0.2, 0.25) is 0 Å². The van der Waals surface area contributed by atoms with Crippen molar-refractivity contribution in [1.29, 1.82) is 0 Å². The minimum atomic E-state index is -0.229. The van der Waals surface area contributed by atoms with Gasteiger partial charge in [0.1, 0.15) is 10.8 Å². The molecule has 0 unspecified atom stereocenters. The highest BCUT2D eigenvalue weighted by atomic mass is 35.5. The van der Waals surface area contributed by atoms with Crippen LogP contribution in [0.25, 0.3) is 0 Å². The van der Waals surface area contributed by atoms with Crippen LogP contribution in [0.1, 0.15) is 17.4 Å². The molecule has 0 saturated carbocycles. The molecule has 0 aliphatic rings. The Morgan fingerprint density at radius 3 is 2.83 bits per heavy atom. The van der Waals surface area contributed by atoms with Crippen molar-refractivity contribution < 1.29 is 4.79 Å². The predicted molar refractivity (Wildman–Crippen MR) is 72.3 cm³/mol. The fraction of sp³-hybridized carbons (Fsp3) is 0.167. The number of amides is 1. The van der Waals surface area contributed by atoms with Crippen molar-refractivity contribution in [3.05, 3.63) is 46.5 Å². The molecule has 0 aliphatic heterocycles. The van der Waals surface area contributed by atoms with Crippen LogP contribution in [-0.4, -0.2) is 15.5 Å². The maximum Gasteiger partial charge on any atom is 0.272 e. The van der Waals surface area contributed by atoms with Gasteiger partial charge >= 0.3 is 0 Å². The Morgan fingerprint density at radius 1 is 1.44 bits per heavy atom. The van der Waals surface area contributed by atoms with Gasteiger partial charge < -0.3 is 9.88 Å². The van der Waals surface area contributed by atoms with E-state index in [4.69, 9.17) is 23.2 Å². The van der Waals surface area contributed by atoms with E-state index in [-0.39, 0.29) is 5.91 Å². The van der Waals surface area contributed by atoms with E-state index in [0.29, 0.717) is 28.1 Å². The van der Waals surface area contributed by atoms with E-state index in [9.17, 15) is 4.79 Å². The molecular formula is C12H11Cl2N3O. The van der Waals surface area contributed by atoms with Gasteiger partial charge in [-0.2, -0.15) is 0 Å². The second-order valence-corrected chi connectivity index (χ2v) is 4.48. The number of halogens is 2. The van der Waals surface area contributed by atoms with Crippen LogP contribution in [0.4, 0.5) is 5.69 Å². The van der Waals surface area contributed by atoms with Gasteiger partial charge in [0.25, 0.3) is 5.91 Å². The quantitative estimate of drug-likeness (QED) is 0.877. The second-order valence-electron chi connectivity index (χ2n) is 3.65. The van der Waals surface area contributed by atoms with E-state index in [0.717, 1.165) is 0 Å². The summed E-state index contributed by atoms with van der Waals surface area (Å²) in [5, 5.41) is 3.65. The first-order valence-electron chi connectivity index (χ1n) is 5.38. The predicted octanol–water partition coefficient (Wildman–Crippen LogP) is 3.46. The van der Waals surface area contributed by atoms with Crippen LogP contribution in [0.2, 0.25) is 10.2 Å². The van der Waals surface area contributed by atoms with Crippen molar-refractivity contribution in [3.8, 4) is 0 Å². The van der Waals surface area contributed by atoms with Crippen LogP contribution in [0.15, 0.2) is 30.6 Å². The van der Waals surface area contributed by atoms with Crippen molar-refractivity contribution in [2.24, 2.45) is 0 Å². The Kier molecular flexibility index (Phi) is 3.89. The average molecular weight is 284 g/mol. The lowest BCUT2D eigenvalue weighted by atomic mass is 10.3. The number of hydrogen-bond acceptors (Lipinski definition) is 2. The van der Waals surface area contributed by atoms with E-state index in [1.54, 1.807) is 29.0 Å². The molecule has 4 nitrogen and oxygen atoms in total. The number of carbonyl (C=O) groups excluding carboxylic acids is 1. The number of nitrogens with one attached hydrogen (secondary N) is 1. The van der Waals surface area contributed by atoms with Crippen molar-refractivity contribution >= 4 is 34.8 Å². The first-order valence-corrected chi connectivity index (χ1v) is 6.14. The van der Waals surface area contributed by atoms with Crippen LogP contribution in [0, 0.1) is 0 Å². The maximum absolute atomic E-state index is 12.0. The molecule has 18 heavy (non-hydrogen) atoms. The summed E-state index contributed by atoms with van der Waals surface area (Å²) in [7, 11) is 0. The Labute approximate surface area is 115 Å². The van der Waals surface area contributed by atoms with Gasteiger partial charge in [-0.15, -0.1) is 0 Å². The van der Waals surface area contributed by atoms with E-state index in [1.807, 2.05) is 6.92 Å². The third kappa shape index (κ3) is 2.83. The molecule has 94 valence electrons. The number of aromatic nitrogens is 2. The van der Waals surface area contributed by atoms with Crippen LogP contribution < -0.4 is 5.32 Å². The number of carbonyl (C=O) groups is 1. The number of hydrogen-bond donors (Lipinski definition) is 1. The Balaban J connectivity index is 2.19. The zero-order valence-corrected chi connectivity index (χ0v) is 11.2. The SMILES string of the molecule is CCn1cc(Cl)cc1C(=O)Nc1ccc(Cl)nc1. The van der Waals surface area contributed by atoms with E-state index < -0.39 is 0 Å². The summed E-state index contributed by atoms with van der Waals surface area (Å²) in [5.74, 6) is -0.229. The molecule has 0 saturated heterocycles. The summed E-state index contributed by atoms with van der Waals surface area (Å²) in [6.07, 6.45) is 3.22. The lowest BCUT2D eigenvalue weighted by Gasteiger charge is -2.07. The van der Waals surface area contributed by atoms with Gasteiger partial charge in [-0.3, -0.25) is 4.79 Å². The second kappa shape index (κ2) is 5.42. The minimum absolute atomic E-state index is 0.229. The molecule has 1 N–H and O–H groups in total. The minimum Gasteiger partial charge on any atom is -0.342 e. The highest BCUT2D eigenvalue weighted by molar-refractivity contribution is 6.31. The van der Waals surface area contributed by atoms with Crippen molar-refractivity contribution in [3.63, 3.8) is 0 Å². The fourth-order valence-electron chi connectivity index (χ4n) is 1.57. The summed E-state index contributed by atoms with van der Waals surface area (Å²) in [5.41, 5.74) is 1.10. The maximum atomic E-state index is 12.0. The summed E-state index contributed by atoms with van der Waals surface area (Å²) < 4.78 is 1.78. The van der Waals surface area contributed by atoms with Crippen molar-refractivity contribution in [1.82, 2.24) is 9.55 Å². The zero-order valence-electron chi connectivity index (χ0n) is 9.65. The van der Waals surface area contributed by atoms with Gasteiger partial charge in [-0.05, 0) is 25.1 Å². The summed E-state index contributed by atoms with van der Waals surface area (Å²) in [6, 6.07) is 4.93. The lowest BCUT2D eigenvalue weighted by Crippen LogP contribution is -2.16. The third-order valence-electron chi connectivity index (χ3n) is 2.42. The van der Waals surface area contributed by atoms with E-state index in [2.05, 4.69) is 10.3 Å². The molecule has 2 aromatic heterocycles. The van der Waals surface area contributed by atoms with Gasteiger partial charge in [0, 0.05) is 12.7 Å². The molecule has 2 rings (SSSR count).